The molecule has 0 unspecified atom stereocenters. The number of allylic oxidation sites excluding steroid dienone is 4. The van der Waals surface area contributed by atoms with Gasteiger partial charge in [0.05, 0.1) is 11.0 Å². The maximum absolute atomic E-state index is 3.23. The van der Waals surface area contributed by atoms with Crippen LogP contribution in [0.1, 0.15) is 13.8 Å². The molecule has 0 saturated heterocycles. The third-order valence-corrected chi connectivity index (χ3v) is 5.51. The first-order valence-electron chi connectivity index (χ1n) is 10.4. The number of para-hydroxylation sites is 2. The van der Waals surface area contributed by atoms with Crippen molar-refractivity contribution in [1.82, 2.24) is 4.57 Å². The summed E-state index contributed by atoms with van der Waals surface area (Å²) < 4.78 is 2.37. The summed E-state index contributed by atoms with van der Waals surface area (Å²) in [6, 6.07) is 30.3. The van der Waals surface area contributed by atoms with E-state index in [0.29, 0.717) is 0 Å². The summed E-state index contributed by atoms with van der Waals surface area (Å²) in [6.45, 7) is 4.26. The van der Waals surface area contributed by atoms with Crippen molar-refractivity contribution in [2.45, 2.75) is 13.8 Å². The maximum Gasteiger partial charge on any atom is 0.0523 e. The quantitative estimate of drug-likeness (QED) is 0.164. The summed E-state index contributed by atoms with van der Waals surface area (Å²) in [7, 11) is 0. The molecule has 1 heterocycles. The van der Waals surface area contributed by atoms with E-state index in [1.165, 1.54) is 38.3 Å². The van der Waals surface area contributed by atoms with E-state index in [1.54, 1.807) is 0 Å². The molecule has 0 aliphatic heterocycles. The van der Waals surface area contributed by atoms with Gasteiger partial charge < -0.3 is 4.57 Å². The topological polar surface area (TPSA) is 4.93 Å². The van der Waals surface area contributed by atoms with E-state index in [4.69, 9.17) is 0 Å². The van der Waals surface area contributed by atoms with Crippen LogP contribution in [0.15, 0.2) is 103 Å². The van der Waals surface area contributed by atoms with Crippen molar-refractivity contribution >= 4 is 57.0 Å². The van der Waals surface area contributed by atoms with Gasteiger partial charge in [0, 0.05) is 10.8 Å². The predicted octanol–water partition coefficient (Wildman–Crippen LogP) is 9.29. The number of hydrogen-bond donors (Lipinski definition) is 0. The number of aromatic nitrogens is 1. The molecular weight excluding hydrogens is 601 g/mol. The number of hydrogen-bond acceptors (Lipinski definition) is 0. The van der Waals surface area contributed by atoms with Crippen LogP contribution in [0.25, 0.3) is 38.3 Å². The number of halogens is 2. The molecule has 1 aromatic heterocycles. The molecule has 4 heteroatoms. The molecule has 5 aromatic rings. The number of benzene rings is 3. The molecular formula is C28H23Br2NZr. The second kappa shape index (κ2) is 10.5. The van der Waals surface area contributed by atoms with Crippen molar-refractivity contribution in [3.8, 4) is 5.69 Å². The third-order valence-electron chi connectivity index (χ3n) is 5.51. The van der Waals surface area contributed by atoms with Gasteiger partial charge >= 0.3 is 43.0 Å². The normalized spacial score (nSPS) is 13.5. The largest absolute Gasteiger partial charge is 0.328 e. The maximum atomic E-state index is 3.23. The molecule has 0 spiro atoms. The van der Waals surface area contributed by atoms with Gasteiger partial charge in [-0.15, -0.1) is 41.1 Å². The van der Waals surface area contributed by atoms with E-state index in [9.17, 15) is 0 Å². The zero-order valence-corrected chi connectivity index (χ0v) is 23.6. The molecule has 0 amide bonds. The van der Waals surface area contributed by atoms with Gasteiger partial charge in [-0.2, -0.15) is 6.08 Å². The van der Waals surface area contributed by atoms with E-state index in [-0.39, 0.29) is 24.0 Å². The molecule has 0 saturated carbocycles. The van der Waals surface area contributed by atoms with E-state index in [1.807, 2.05) is 12.2 Å². The minimum Gasteiger partial charge on any atom is -0.328 e. The van der Waals surface area contributed by atoms with Crippen molar-refractivity contribution in [3.63, 3.8) is 0 Å². The molecule has 0 radical (unpaired) electrons. The van der Waals surface area contributed by atoms with Crippen LogP contribution in [0.2, 0.25) is 0 Å². The van der Waals surface area contributed by atoms with E-state index >= 15 is 0 Å². The summed E-state index contributed by atoms with van der Waals surface area (Å²) in [5.74, 6) is 0. The second-order valence-electron chi connectivity index (χ2n) is 8.18. The Kier molecular flexibility index (Phi) is 7.76. The Balaban J connectivity index is 0.000000206. The summed E-state index contributed by atoms with van der Waals surface area (Å²) in [6.07, 6.45) is 9.28. The second-order valence-corrected chi connectivity index (χ2v) is 19.5. The van der Waals surface area contributed by atoms with Crippen molar-refractivity contribution in [2.24, 2.45) is 5.41 Å². The summed E-state index contributed by atoms with van der Waals surface area (Å²) in [5.41, 5.74) is 3.97. The number of nitrogens with zero attached hydrogens (tertiary/aromatic N) is 1. The Hall–Kier alpha value is -1.61. The van der Waals surface area contributed by atoms with E-state index < -0.39 is 0 Å². The summed E-state index contributed by atoms with van der Waals surface area (Å²) in [4.78, 5) is 0. The molecule has 0 atom stereocenters. The first kappa shape index (κ1) is 23.5. The smallest absolute Gasteiger partial charge is 0.0523 e. The average Bonchev–Trinajstić information content (AvgIpc) is 3.49. The van der Waals surface area contributed by atoms with Crippen LogP contribution in [0.5, 0.6) is 0 Å². The molecule has 32 heavy (non-hydrogen) atoms. The van der Waals surface area contributed by atoms with Crippen LogP contribution < -0.4 is 0 Å². The van der Waals surface area contributed by atoms with Gasteiger partial charge in [0.1, 0.15) is 0 Å². The first-order chi connectivity index (χ1) is 15.5. The fourth-order valence-electron chi connectivity index (χ4n) is 4.06. The zero-order chi connectivity index (χ0) is 22.6. The first-order valence-corrected chi connectivity index (χ1v) is 21.7. The van der Waals surface area contributed by atoms with Crippen LogP contribution in [-0.4, -0.2) is 4.57 Å². The van der Waals surface area contributed by atoms with Gasteiger partial charge in [-0.1, -0.05) is 61.7 Å². The zero-order valence-electron chi connectivity index (χ0n) is 18.0. The monoisotopic (exact) mass is 621 g/mol. The number of fused-ring (bicyclic) bond motifs is 4. The van der Waals surface area contributed by atoms with Crippen LogP contribution in [-0.2, 0) is 18.5 Å². The minimum absolute atomic E-state index is 0.145. The third kappa shape index (κ3) is 5.14. The Morgan fingerprint density at radius 3 is 1.91 bits per heavy atom. The molecule has 0 fully saturated rings. The molecule has 4 aromatic carbocycles. The van der Waals surface area contributed by atoms with Crippen molar-refractivity contribution in [1.29, 1.82) is 0 Å². The fraction of sp³-hybridized carbons (Fsp3) is 0.107. The fourth-order valence-corrected chi connectivity index (χ4v) is 4.06. The Morgan fingerprint density at radius 2 is 1.41 bits per heavy atom. The molecule has 158 valence electrons. The van der Waals surface area contributed by atoms with Crippen LogP contribution >= 0.6 is 24.4 Å². The van der Waals surface area contributed by atoms with Gasteiger partial charge in [-0.05, 0) is 17.8 Å². The summed E-state index contributed by atoms with van der Waals surface area (Å²) in [5, 5.41) is 5.20. The standard InChI is InChI=1S/C21H14N.C7H9.2BrH.Zr/c1-2-8-16-14-17(13-15(16)7-1)22-20-11-5-3-9-18(20)19-10-4-6-12-21(19)22;1-7(2)5-3-4-6-7;;;/h1-14H;3-5H,1-2H3;2*1H;/q2*-1;;;+4/p-2. The molecule has 0 N–H and O–H groups in total. The van der Waals surface area contributed by atoms with E-state index in [2.05, 4.69) is 140 Å². The van der Waals surface area contributed by atoms with Gasteiger partial charge in [0.25, 0.3) is 0 Å². The van der Waals surface area contributed by atoms with Crippen LogP contribution in [0.3, 0.4) is 0 Å². The molecule has 1 nitrogen and oxygen atoms in total. The van der Waals surface area contributed by atoms with Crippen molar-refractivity contribution in [2.75, 3.05) is 0 Å². The van der Waals surface area contributed by atoms with Gasteiger partial charge in [-0.25, -0.2) is 12.2 Å². The van der Waals surface area contributed by atoms with Crippen LogP contribution in [0.4, 0.5) is 0 Å². The van der Waals surface area contributed by atoms with E-state index in [0.717, 1.165) is 0 Å². The van der Waals surface area contributed by atoms with Gasteiger partial charge in [0.2, 0.25) is 0 Å². The molecule has 1 aliphatic carbocycles. The average molecular weight is 625 g/mol. The molecule has 6 rings (SSSR count). The van der Waals surface area contributed by atoms with Gasteiger partial charge in [0.15, 0.2) is 0 Å². The van der Waals surface area contributed by atoms with Crippen molar-refractivity contribution in [3.05, 3.63) is 109 Å². The van der Waals surface area contributed by atoms with Gasteiger partial charge in [-0.3, -0.25) is 6.08 Å². The predicted molar refractivity (Wildman–Crippen MR) is 142 cm³/mol. The Bertz CT molecular complexity index is 1300. The molecule has 0 bridgehead atoms. The summed E-state index contributed by atoms with van der Waals surface area (Å²) >= 11 is 6.32. The Labute approximate surface area is 212 Å². The molecule has 1 aliphatic rings. The minimum atomic E-state index is -0.145. The SMILES string of the molecule is CC1(C)[C-]=CC=C1.[Br][Zr+2][Br].c1ccc2[cH-]c(-n3c4ccccc4c4ccccc43)cc2c1. The Morgan fingerprint density at radius 1 is 0.844 bits per heavy atom. The van der Waals surface area contributed by atoms with Crippen molar-refractivity contribution < 1.29 is 18.5 Å². The number of rotatable bonds is 1. The van der Waals surface area contributed by atoms with Crippen LogP contribution in [0, 0.1) is 11.5 Å².